The van der Waals surface area contributed by atoms with Crippen LogP contribution in [-0.2, 0) is 139 Å². The predicted octanol–water partition coefficient (Wildman–Crippen LogP) is 1.50. The number of nitrogens with two attached hydrogens (primary N) is 1. The lowest BCUT2D eigenvalue weighted by molar-refractivity contribution is -0.282. The minimum Gasteiger partial charge on any atom is -0.396 e. The van der Waals surface area contributed by atoms with Gasteiger partial charge in [0.2, 0.25) is 5.91 Å². The summed E-state index contributed by atoms with van der Waals surface area (Å²) in [6, 6.07) is -1.13. The molecule has 58 heteroatoms. The third kappa shape index (κ3) is 41.3. The van der Waals surface area contributed by atoms with E-state index in [0.29, 0.717) is 64.2 Å². The number of phosphoric ester groups is 5. The quantitative estimate of drug-likeness (QED) is 0.0253. The lowest BCUT2D eigenvalue weighted by atomic mass is 9.92. The molecule has 4 aliphatic rings. The monoisotopic (exact) mass is 1990 g/mol. The first-order chi connectivity index (χ1) is 61.1. The van der Waals surface area contributed by atoms with Crippen molar-refractivity contribution in [1.29, 1.82) is 0 Å². The molecule has 52 nitrogen and oxygen atoms in total. The highest BCUT2D eigenvalue weighted by Gasteiger charge is 2.49. The number of aliphatic hydroxyl groups excluding tert-OH is 10. The minimum atomic E-state index is -5.26. The van der Waals surface area contributed by atoms with Crippen molar-refractivity contribution in [3.63, 3.8) is 0 Å². The fourth-order valence-corrected chi connectivity index (χ4v) is 17.5. The van der Waals surface area contributed by atoms with Gasteiger partial charge in [0.25, 0.3) is 0 Å². The van der Waals surface area contributed by atoms with Crippen molar-refractivity contribution >= 4 is 69.6 Å². The summed E-state index contributed by atoms with van der Waals surface area (Å²) in [5.74, 6) is -2.62. The van der Waals surface area contributed by atoms with Crippen LogP contribution in [-0.4, -0.2) is 363 Å². The molecule has 129 heavy (non-hydrogen) atoms. The van der Waals surface area contributed by atoms with Gasteiger partial charge in [0.15, 0.2) is 50.7 Å². The van der Waals surface area contributed by atoms with Gasteiger partial charge in [-0.05, 0) is 51.4 Å². The van der Waals surface area contributed by atoms with E-state index in [-0.39, 0.29) is 102 Å². The van der Waals surface area contributed by atoms with E-state index >= 15 is 0 Å². The van der Waals surface area contributed by atoms with Crippen LogP contribution in [0.25, 0.3) is 11.2 Å². The van der Waals surface area contributed by atoms with Gasteiger partial charge in [-0.15, -0.1) is 0 Å². The van der Waals surface area contributed by atoms with Crippen molar-refractivity contribution in [1.82, 2.24) is 24.8 Å². The van der Waals surface area contributed by atoms with Crippen LogP contribution < -0.4 is 11.1 Å². The third-order valence-corrected chi connectivity index (χ3v) is 27.2. The average molecular weight is 1990 g/mol. The van der Waals surface area contributed by atoms with Gasteiger partial charge < -0.3 is 153 Å². The smallest absolute Gasteiger partial charge is 0.396 e. The Morgan fingerprint density at radius 3 is 1.35 bits per heavy atom. The Kier molecular flexibility index (Phi) is 52.3. The summed E-state index contributed by atoms with van der Waals surface area (Å²) in [6.45, 7) is -3.70. The van der Waals surface area contributed by atoms with E-state index in [0.717, 1.165) is 0 Å². The molecule has 2 aromatic rings. The molecule has 0 radical (unpaired) electrons. The Morgan fingerprint density at radius 2 is 0.891 bits per heavy atom. The predicted molar refractivity (Wildman–Crippen MR) is 441 cm³/mol. The third-order valence-electron chi connectivity index (χ3n) is 20.6. The Balaban J connectivity index is 1.04. The standard InChI is InChI=1S/C71H134N6O46P6/c1-47(2)124(89,90)114-37-56-52(30-57(119-56)77-43-75-59-66(72)73-42-74-67(59)77)123-129(99,100)118-45-104-36-51(31-78)35-103-44-116-128(97,98)115-41-71(40-105-46-117-127(95,96)111-27-17-10-7-13-23-107-69-49(4)61(84)63(86)54(33-80)121-69,38-101-20-18-28-112-125(91,92)109-25-15-9-6-12-22-106-68-48(3)60(83)62(85)53(32-79)120-68)39-102-21-19-29-113-126(93,94)110-26-16-11-8-14-24-108-70-58(76-50(5)82)65(88)64(87)55(34-81)122-70/h42-43,47-49,51-58,60-65,68-70,78-81,83-88H,6-41,44-46H2,1-5H3,(H,76,82)(H,89,90)(H,91,92)(H,93,94)(H,95,96)(H,97,98)(H,99,100)(H2,72,73,74)/t48?,49?,51?,52-,53?,54?,55?,56+,57+,58?,60+,61+,62-,63-,64-,65+,68+,69+,70+,71?/m0/s1. The first-order valence-corrected chi connectivity index (χ1v) is 51.4. The molecule has 4 fully saturated rings. The number of fused-ring (bicyclic) bond motifs is 1. The molecule has 0 bridgehead atoms. The summed E-state index contributed by atoms with van der Waals surface area (Å²) >= 11 is 0. The molecule has 754 valence electrons. The summed E-state index contributed by atoms with van der Waals surface area (Å²) in [5, 5.41) is 103. The Bertz CT molecular complexity index is 3790. The number of rotatable bonds is 71. The lowest BCUT2D eigenvalue weighted by Crippen LogP contribution is -2.64. The van der Waals surface area contributed by atoms with Gasteiger partial charge in [-0.25, -0.2) is 37.8 Å². The zero-order valence-electron chi connectivity index (χ0n) is 72.7. The van der Waals surface area contributed by atoms with Crippen LogP contribution in [0.4, 0.5) is 5.82 Å². The Hall–Kier alpha value is -2.36. The van der Waals surface area contributed by atoms with Crippen LogP contribution >= 0.6 is 46.7 Å². The number of nitrogen functional groups attached to an aromatic ring is 1. The van der Waals surface area contributed by atoms with E-state index in [1.165, 1.54) is 38.0 Å². The first kappa shape index (κ1) is 115. The molecule has 0 aliphatic carbocycles. The van der Waals surface area contributed by atoms with Crippen molar-refractivity contribution in [2.75, 3.05) is 165 Å². The zero-order valence-corrected chi connectivity index (χ0v) is 78.1. The number of imidazole rings is 1. The summed E-state index contributed by atoms with van der Waals surface area (Å²) < 4.78 is 206. The average Bonchev–Trinajstić information content (AvgIpc) is 1.64. The number of amides is 1. The van der Waals surface area contributed by atoms with Gasteiger partial charge in [-0.1, -0.05) is 66.2 Å². The van der Waals surface area contributed by atoms with Crippen molar-refractivity contribution < 1.29 is 219 Å². The van der Waals surface area contributed by atoms with Crippen molar-refractivity contribution in [3.8, 4) is 0 Å². The molecule has 1 amide bonds. The number of hydrogen-bond acceptors (Lipinski definition) is 44. The van der Waals surface area contributed by atoms with Crippen LogP contribution in [0.15, 0.2) is 12.7 Å². The van der Waals surface area contributed by atoms with Crippen LogP contribution in [0, 0.1) is 23.2 Å². The zero-order chi connectivity index (χ0) is 95.0. The second kappa shape index (κ2) is 58.5. The van der Waals surface area contributed by atoms with E-state index in [1.807, 2.05) is 0 Å². The maximum atomic E-state index is 13.7. The number of carbonyl (C=O) groups excluding carboxylic acids is 1. The van der Waals surface area contributed by atoms with E-state index in [4.69, 9.17) is 112 Å². The van der Waals surface area contributed by atoms with Gasteiger partial charge in [-0.3, -0.25) is 59.2 Å². The number of aliphatic hydroxyl groups is 10. The molecule has 6 heterocycles. The lowest BCUT2D eigenvalue weighted by Gasteiger charge is -2.42. The van der Waals surface area contributed by atoms with Crippen LogP contribution in [0.1, 0.15) is 137 Å². The van der Waals surface area contributed by atoms with Gasteiger partial charge >= 0.3 is 46.7 Å². The van der Waals surface area contributed by atoms with E-state index in [2.05, 4.69) is 20.3 Å². The number of nitrogens with zero attached hydrogens (tertiary/aromatic N) is 4. The SMILES string of the molecule is CC(=O)NC1[C@H](OCCCCCCOP(=O)(O)OCCCOCC(COCCCOP(=O)(O)OCCCCCCO[C@@H]2OC(CO)[C@H](O)[C@H](O)C2C)(COCOP(=O)(O)OCCCCCCO[C@@H]2OC(CO)[C@H](O)[C@H](O)C2C)COP(=O)(O)OCOCC(CO)COCOP(=O)(O)O[C@H]2C[C@H](n3cnc4c(N)ncnc43)O[C@@H]2COP(=O)(O)C(C)C)OC(CO)[C@H](O)[C@@H]1O. The molecule has 0 saturated carbocycles. The first-order valence-electron chi connectivity index (χ1n) is 42.3. The molecular weight excluding hydrogens is 1860 g/mol. The molecule has 6 rings (SSSR count). The highest BCUT2D eigenvalue weighted by atomic mass is 31.2. The van der Waals surface area contributed by atoms with E-state index in [9.17, 15) is 113 Å². The largest absolute Gasteiger partial charge is 0.474 e. The number of hydrogen-bond donors (Lipinski definition) is 18. The number of carbonyl (C=O) groups is 1. The van der Waals surface area contributed by atoms with Gasteiger partial charge in [0.1, 0.15) is 79.0 Å². The maximum absolute atomic E-state index is 13.7. The molecule has 2 aromatic heterocycles. The van der Waals surface area contributed by atoms with Gasteiger partial charge in [0.05, 0.1) is 135 Å². The Morgan fingerprint density at radius 1 is 0.481 bits per heavy atom. The molecule has 14 unspecified atom stereocenters. The van der Waals surface area contributed by atoms with Crippen molar-refractivity contribution in [2.24, 2.45) is 23.2 Å². The van der Waals surface area contributed by atoms with Gasteiger partial charge in [-0.2, -0.15) is 0 Å². The number of unbranched alkanes of at least 4 members (excludes halogenated alkanes) is 9. The fraction of sp³-hybridized carbons (Fsp3) is 0.915. The van der Waals surface area contributed by atoms with Crippen LogP contribution in [0.2, 0.25) is 0 Å². The highest BCUT2D eigenvalue weighted by Crippen LogP contribution is 2.53. The van der Waals surface area contributed by atoms with Crippen molar-refractivity contribution in [3.05, 3.63) is 12.7 Å². The molecule has 4 saturated heterocycles. The summed E-state index contributed by atoms with van der Waals surface area (Å²) in [6.07, 6.45) is -10.1. The fourth-order valence-electron chi connectivity index (χ4n) is 13.0. The summed E-state index contributed by atoms with van der Waals surface area (Å²) in [7, 11) is -28.7. The Labute approximate surface area is 746 Å². The normalized spacial score (nSPS) is 28.8. The molecule has 19 N–H and O–H groups in total. The topological polar surface area (TPSA) is 737 Å². The number of nitrogens with one attached hydrogen (secondary N) is 1. The number of phosphoric acid groups is 5. The van der Waals surface area contributed by atoms with Crippen molar-refractivity contribution in [2.45, 2.75) is 235 Å². The number of aromatic nitrogens is 4. The number of ether oxygens (including phenoxy) is 12. The van der Waals surface area contributed by atoms with Crippen LogP contribution in [0.5, 0.6) is 0 Å². The maximum Gasteiger partial charge on any atom is 0.474 e. The van der Waals surface area contributed by atoms with Gasteiger partial charge in [0, 0.05) is 64.1 Å². The van der Waals surface area contributed by atoms with Crippen LogP contribution in [0.3, 0.4) is 0 Å². The molecule has 0 aromatic carbocycles. The van der Waals surface area contributed by atoms with E-state index < -0.39 is 286 Å². The highest BCUT2D eigenvalue weighted by molar-refractivity contribution is 7.53. The second-order valence-electron chi connectivity index (χ2n) is 31.4. The minimum absolute atomic E-state index is 0.0526. The summed E-state index contributed by atoms with van der Waals surface area (Å²) in [5.41, 5.74) is 3.81. The molecule has 26 atom stereocenters. The molecular formula is C71H134N6O46P6. The summed E-state index contributed by atoms with van der Waals surface area (Å²) in [4.78, 5) is 88.1. The molecule has 4 aliphatic heterocycles. The van der Waals surface area contributed by atoms with E-state index in [1.54, 1.807) is 13.8 Å². The second-order valence-corrected chi connectivity index (χ2v) is 41.1. The number of anilines is 1. The molecule has 0 spiro atoms.